The lowest BCUT2D eigenvalue weighted by Crippen LogP contribution is -2.36. The average molecular weight is 566 g/mol. The van der Waals surface area contributed by atoms with E-state index in [9.17, 15) is 19.2 Å². The van der Waals surface area contributed by atoms with Crippen molar-refractivity contribution < 1.29 is 24.3 Å². The highest BCUT2D eigenvalue weighted by Gasteiger charge is 2.44. The van der Waals surface area contributed by atoms with Crippen LogP contribution in [0.15, 0.2) is 64.3 Å². The molecule has 0 spiro atoms. The van der Waals surface area contributed by atoms with Crippen LogP contribution in [0, 0.1) is 6.92 Å². The van der Waals surface area contributed by atoms with Gasteiger partial charge in [-0.3, -0.25) is 38.5 Å². The summed E-state index contributed by atoms with van der Waals surface area (Å²) >= 11 is 6.47. The second kappa shape index (κ2) is 10.7. The zero-order chi connectivity index (χ0) is 28.6. The van der Waals surface area contributed by atoms with Gasteiger partial charge in [0.25, 0.3) is 23.3 Å². The predicted octanol–water partition coefficient (Wildman–Crippen LogP) is 2.18. The number of fused-ring (bicyclic) bond motifs is 1. The van der Waals surface area contributed by atoms with Gasteiger partial charge in [0.05, 0.1) is 27.5 Å². The van der Waals surface area contributed by atoms with Gasteiger partial charge in [-0.1, -0.05) is 60.4 Å². The Hall–Kier alpha value is -4.49. The number of thioether (sulfide) groups is 1. The number of hydrogen-bond acceptors (Lipinski definition) is 7. The Labute approximate surface area is 232 Å². The summed E-state index contributed by atoms with van der Waals surface area (Å²) in [5.74, 6) is -2.59. The summed E-state index contributed by atoms with van der Waals surface area (Å²) in [6, 6.07) is 15.9. The summed E-state index contributed by atoms with van der Waals surface area (Å²) in [5, 5.41) is 7.42. The van der Waals surface area contributed by atoms with Crippen LogP contribution in [-0.4, -0.2) is 49.0 Å². The minimum Gasteiger partial charge on any atom is -0.481 e. The van der Waals surface area contributed by atoms with E-state index >= 15 is 0 Å². The SMILES string of the molecule is CC(=O)O.Cc1c(N2C(=O)/C(=C3/C(=O)N(CC(N)=O)c4ccccc43)SC2=S)c(=O)n(-c2ccccc2)n1C. The van der Waals surface area contributed by atoms with Gasteiger partial charge in [0.15, 0.2) is 4.32 Å². The number of para-hydroxylation sites is 2. The molecule has 0 bridgehead atoms. The number of anilines is 2. The number of aliphatic carboxylic acids is 1. The first-order valence-corrected chi connectivity index (χ1v) is 12.7. The summed E-state index contributed by atoms with van der Waals surface area (Å²) < 4.78 is 3.26. The zero-order valence-electron chi connectivity index (χ0n) is 21.1. The van der Waals surface area contributed by atoms with Crippen LogP contribution in [0.3, 0.4) is 0 Å². The minimum absolute atomic E-state index is 0.105. The van der Waals surface area contributed by atoms with Gasteiger partial charge < -0.3 is 10.8 Å². The smallest absolute Gasteiger partial charge is 0.300 e. The van der Waals surface area contributed by atoms with E-state index < -0.39 is 29.3 Å². The molecule has 1 fully saturated rings. The van der Waals surface area contributed by atoms with E-state index in [1.807, 2.05) is 18.2 Å². The van der Waals surface area contributed by atoms with Crippen LogP contribution in [0.1, 0.15) is 18.2 Å². The maximum Gasteiger partial charge on any atom is 0.300 e. The molecule has 0 unspecified atom stereocenters. The van der Waals surface area contributed by atoms with Gasteiger partial charge in [-0.15, -0.1) is 0 Å². The molecular weight excluding hydrogens is 542 g/mol. The topological polar surface area (TPSA) is 148 Å². The molecule has 0 atom stereocenters. The number of carboxylic acids is 1. The van der Waals surface area contributed by atoms with E-state index in [0.717, 1.165) is 18.7 Å². The zero-order valence-corrected chi connectivity index (χ0v) is 22.7. The van der Waals surface area contributed by atoms with E-state index in [-0.39, 0.29) is 27.0 Å². The van der Waals surface area contributed by atoms with Crippen molar-refractivity contribution >= 4 is 68.9 Å². The van der Waals surface area contributed by atoms with Gasteiger partial charge in [0, 0.05) is 19.5 Å². The monoisotopic (exact) mass is 565 g/mol. The van der Waals surface area contributed by atoms with E-state index in [2.05, 4.69) is 0 Å². The Bertz CT molecular complexity index is 1640. The summed E-state index contributed by atoms with van der Waals surface area (Å²) in [6.07, 6.45) is 0. The normalized spacial score (nSPS) is 16.3. The van der Waals surface area contributed by atoms with Crippen molar-refractivity contribution in [2.45, 2.75) is 13.8 Å². The molecule has 39 heavy (non-hydrogen) atoms. The summed E-state index contributed by atoms with van der Waals surface area (Å²) in [6.45, 7) is 2.49. The highest BCUT2D eigenvalue weighted by atomic mass is 32.2. The lowest BCUT2D eigenvalue weighted by Gasteiger charge is -2.14. The highest BCUT2D eigenvalue weighted by molar-refractivity contribution is 8.27. The molecule has 5 rings (SSSR count). The number of primary amides is 1. The van der Waals surface area contributed by atoms with Gasteiger partial charge in [-0.2, -0.15) is 0 Å². The Kier molecular flexibility index (Phi) is 7.56. The quantitative estimate of drug-likeness (QED) is 0.361. The Morgan fingerprint density at radius 2 is 1.59 bits per heavy atom. The lowest BCUT2D eigenvalue weighted by molar-refractivity contribution is -0.134. The second-order valence-corrected chi connectivity index (χ2v) is 10.2. The molecule has 3 heterocycles. The second-order valence-electron chi connectivity index (χ2n) is 8.52. The number of hydrogen-bond donors (Lipinski definition) is 2. The number of nitrogens with zero attached hydrogens (tertiary/aromatic N) is 4. The predicted molar refractivity (Wildman–Crippen MR) is 152 cm³/mol. The van der Waals surface area contributed by atoms with Gasteiger partial charge in [-0.25, -0.2) is 4.68 Å². The molecule has 2 aromatic carbocycles. The third-order valence-electron chi connectivity index (χ3n) is 5.98. The van der Waals surface area contributed by atoms with Gasteiger partial charge in [0.1, 0.15) is 12.2 Å². The molecule has 3 amide bonds. The third-order valence-corrected chi connectivity index (χ3v) is 7.35. The molecule has 2 aliphatic heterocycles. The number of amides is 3. The first-order valence-electron chi connectivity index (χ1n) is 11.5. The first-order chi connectivity index (χ1) is 18.5. The number of nitrogens with two attached hydrogens (primary N) is 1. The number of aromatic nitrogens is 2. The van der Waals surface area contributed by atoms with Crippen LogP contribution in [0.25, 0.3) is 11.3 Å². The molecule has 1 aromatic heterocycles. The largest absolute Gasteiger partial charge is 0.481 e. The maximum absolute atomic E-state index is 13.7. The van der Waals surface area contributed by atoms with E-state index in [1.165, 1.54) is 14.5 Å². The van der Waals surface area contributed by atoms with Crippen LogP contribution < -0.4 is 21.1 Å². The first kappa shape index (κ1) is 27.5. The summed E-state index contributed by atoms with van der Waals surface area (Å²) in [4.78, 5) is 63.6. The molecule has 1 saturated heterocycles. The molecule has 13 heteroatoms. The van der Waals surface area contributed by atoms with Crippen LogP contribution in [0.5, 0.6) is 0 Å². The minimum atomic E-state index is -0.833. The number of carbonyl (C=O) groups excluding carboxylic acids is 3. The lowest BCUT2D eigenvalue weighted by atomic mass is 10.1. The van der Waals surface area contributed by atoms with E-state index in [1.54, 1.807) is 55.1 Å². The molecule has 0 aliphatic carbocycles. The van der Waals surface area contributed by atoms with Gasteiger partial charge in [-0.05, 0) is 25.1 Å². The molecule has 2 aliphatic rings. The number of thiocarbonyl (C=S) groups is 1. The summed E-state index contributed by atoms with van der Waals surface area (Å²) in [5.41, 5.74) is 7.37. The fourth-order valence-corrected chi connectivity index (χ4v) is 5.68. The standard InChI is InChI=1S/C24H19N5O4S2.C2H4O2/c1-13-19(22(32)29(26(13)2)14-8-4-3-5-9-14)28-23(33)20(35-24(28)34)18-15-10-6-7-11-16(15)27(21(18)31)12-17(25)30;1-2(3)4/h3-11H,12H2,1-2H3,(H2,25,30);1H3,(H,3,4)/b20-18-;. The maximum atomic E-state index is 13.7. The van der Waals surface area contributed by atoms with Crippen molar-refractivity contribution in [1.82, 2.24) is 9.36 Å². The molecule has 3 aromatic rings. The van der Waals surface area contributed by atoms with E-state index in [0.29, 0.717) is 22.6 Å². The highest BCUT2D eigenvalue weighted by Crippen LogP contribution is 2.45. The average Bonchev–Trinajstić information content (AvgIpc) is 3.40. The molecule has 200 valence electrons. The number of benzene rings is 2. The fraction of sp³-hybridized carbons (Fsp3) is 0.154. The molecule has 11 nitrogen and oxygen atoms in total. The van der Waals surface area contributed by atoms with Crippen molar-refractivity contribution in [1.29, 1.82) is 0 Å². The van der Waals surface area contributed by atoms with Crippen molar-refractivity contribution in [3.05, 3.63) is 81.1 Å². The third kappa shape index (κ3) is 4.89. The molecule has 3 N–H and O–H groups in total. The summed E-state index contributed by atoms with van der Waals surface area (Å²) in [7, 11) is 1.72. The van der Waals surface area contributed by atoms with Crippen molar-refractivity contribution in [3.63, 3.8) is 0 Å². The van der Waals surface area contributed by atoms with Crippen molar-refractivity contribution in [3.8, 4) is 5.69 Å². The van der Waals surface area contributed by atoms with Crippen LogP contribution in [-0.2, 0) is 26.2 Å². The van der Waals surface area contributed by atoms with Crippen molar-refractivity contribution in [2.24, 2.45) is 12.8 Å². The van der Waals surface area contributed by atoms with Gasteiger partial charge >= 0.3 is 0 Å². The van der Waals surface area contributed by atoms with E-state index in [4.69, 9.17) is 27.9 Å². The molecular formula is C26H23N5O6S2. The fourth-order valence-electron chi connectivity index (χ4n) is 4.34. The number of carbonyl (C=O) groups is 4. The molecule has 0 radical (unpaired) electrons. The van der Waals surface area contributed by atoms with Crippen LogP contribution in [0.4, 0.5) is 11.4 Å². The Morgan fingerprint density at radius 3 is 2.21 bits per heavy atom. The van der Waals surface area contributed by atoms with Crippen molar-refractivity contribution in [2.75, 3.05) is 16.3 Å². The van der Waals surface area contributed by atoms with Gasteiger partial charge in [0.2, 0.25) is 5.91 Å². The number of rotatable bonds is 4. The molecule has 0 saturated carbocycles. The number of carboxylic acid groups (broad SMARTS) is 1. The Balaban J connectivity index is 0.000000826. The van der Waals surface area contributed by atoms with Crippen LogP contribution in [0.2, 0.25) is 0 Å². The van der Waals surface area contributed by atoms with Crippen LogP contribution >= 0.6 is 24.0 Å². The Morgan fingerprint density at radius 1 is 1.00 bits per heavy atom.